The molecule has 2 aliphatic heterocycles. The van der Waals surface area contributed by atoms with E-state index >= 15 is 0 Å². The van der Waals surface area contributed by atoms with Gasteiger partial charge in [0.25, 0.3) is 5.91 Å². The molecule has 0 spiro atoms. The van der Waals surface area contributed by atoms with Crippen LogP contribution in [0.3, 0.4) is 0 Å². The van der Waals surface area contributed by atoms with E-state index in [-0.39, 0.29) is 35.9 Å². The van der Waals surface area contributed by atoms with Crippen molar-refractivity contribution in [2.45, 2.75) is 25.4 Å². The van der Waals surface area contributed by atoms with Crippen molar-refractivity contribution in [1.29, 1.82) is 0 Å². The fraction of sp³-hybridized carbons (Fsp3) is 0.318. The smallest absolute Gasteiger partial charge is 0.383 e. The topological polar surface area (TPSA) is 90.6 Å². The number of hydrogen-bond donors (Lipinski definition) is 1. The molecule has 2 aliphatic rings. The number of amides is 1. The number of morpholine rings is 1. The fourth-order valence-corrected chi connectivity index (χ4v) is 4.48. The zero-order valence-electron chi connectivity index (χ0n) is 17.2. The molecule has 2 N–H and O–H groups in total. The number of hydrogen-bond acceptors (Lipinski definition) is 6. The number of nitrogens with zero attached hydrogens (tertiary/aromatic N) is 3. The highest BCUT2D eigenvalue weighted by Gasteiger charge is 2.36. The third kappa shape index (κ3) is 3.88. The molecule has 0 unspecified atom stereocenters. The molecule has 33 heavy (non-hydrogen) atoms. The SMILES string of the molecule is Nc1nc2cc(Cl)c(C(=O)N3CCOC[C@H]3c3ccnc(C(F)(F)F)c3)cc2c2c1COC2. The Morgan fingerprint density at radius 1 is 1.18 bits per heavy atom. The van der Waals surface area contributed by atoms with Gasteiger partial charge in [-0.2, -0.15) is 13.2 Å². The van der Waals surface area contributed by atoms with E-state index in [1.54, 1.807) is 12.1 Å². The van der Waals surface area contributed by atoms with Crippen LogP contribution in [-0.4, -0.2) is 40.5 Å². The molecule has 11 heteroatoms. The van der Waals surface area contributed by atoms with Crippen LogP contribution < -0.4 is 5.73 Å². The van der Waals surface area contributed by atoms with Crippen LogP contribution in [0.15, 0.2) is 30.5 Å². The van der Waals surface area contributed by atoms with Crippen molar-refractivity contribution in [3.63, 3.8) is 0 Å². The Balaban J connectivity index is 1.55. The van der Waals surface area contributed by atoms with Crippen molar-refractivity contribution >= 4 is 34.2 Å². The summed E-state index contributed by atoms with van der Waals surface area (Å²) in [6.07, 6.45) is -3.52. The van der Waals surface area contributed by atoms with Crippen LogP contribution in [0.5, 0.6) is 0 Å². The lowest BCUT2D eigenvalue weighted by Gasteiger charge is -2.36. The van der Waals surface area contributed by atoms with Crippen LogP contribution in [0.4, 0.5) is 19.0 Å². The Morgan fingerprint density at radius 3 is 2.76 bits per heavy atom. The van der Waals surface area contributed by atoms with Gasteiger partial charge in [0.1, 0.15) is 11.5 Å². The highest BCUT2D eigenvalue weighted by molar-refractivity contribution is 6.34. The van der Waals surface area contributed by atoms with Crippen LogP contribution in [0.1, 0.15) is 38.8 Å². The molecule has 0 bridgehead atoms. The van der Waals surface area contributed by atoms with Gasteiger partial charge in [-0.25, -0.2) is 4.98 Å². The van der Waals surface area contributed by atoms with E-state index < -0.39 is 23.8 Å². The van der Waals surface area contributed by atoms with Gasteiger partial charge in [0, 0.05) is 23.7 Å². The van der Waals surface area contributed by atoms with E-state index in [1.807, 2.05) is 0 Å². The number of anilines is 1. The molecule has 0 saturated carbocycles. The Bertz CT molecular complexity index is 1270. The van der Waals surface area contributed by atoms with Crippen molar-refractivity contribution in [3.8, 4) is 0 Å². The van der Waals surface area contributed by atoms with Crippen LogP contribution in [0.2, 0.25) is 5.02 Å². The number of benzene rings is 1. The van der Waals surface area contributed by atoms with Crippen molar-refractivity contribution in [1.82, 2.24) is 14.9 Å². The third-order valence-electron chi connectivity index (χ3n) is 5.90. The number of fused-ring (bicyclic) bond motifs is 3. The number of halogens is 4. The minimum absolute atomic E-state index is 0.0551. The Labute approximate surface area is 191 Å². The fourth-order valence-electron chi connectivity index (χ4n) is 4.24. The molecule has 0 radical (unpaired) electrons. The minimum atomic E-state index is -4.60. The molecule has 1 saturated heterocycles. The van der Waals surface area contributed by atoms with Crippen molar-refractivity contribution in [2.24, 2.45) is 0 Å². The maximum Gasteiger partial charge on any atom is 0.433 e. The molecular formula is C22H18ClF3N4O3. The average Bonchev–Trinajstić information content (AvgIpc) is 3.29. The number of pyridine rings is 2. The zero-order chi connectivity index (χ0) is 23.3. The van der Waals surface area contributed by atoms with Gasteiger partial charge in [-0.3, -0.25) is 9.78 Å². The highest BCUT2D eigenvalue weighted by Crippen LogP contribution is 2.36. The van der Waals surface area contributed by atoms with Gasteiger partial charge >= 0.3 is 6.18 Å². The minimum Gasteiger partial charge on any atom is -0.383 e. The molecule has 4 heterocycles. The Morgan fingerprint density at radius 2 is 1.97 bits per heavy atom. The van der Waals surface area contributed by atoms with Crippen LogP contribution in [0, 0.1) is 0 Å². The van der Waals surface area contributed by atoms with E-state index in [1.165, 1.54) is 11.0 Å². The van der Waals surface area contributed by atoms with Gasteiger partial charge in [-0.15, -0.1) is 0 Å². The van der Waals surface area contributed by atoms with Gasteiger partial charge in [-0.1, -0.05) is 11.6 Å². The van der Waals surface area contributed by atoms with Gasteiger partial charge in [0.2, 0.25) is 0 Å². The predicted octanol–water partition coefficient (Wildman–Crippen LogP) is 4.13. The summed E-state index contributed by atoms with van der Waals surface area (Å²) in [6.45, 7) is 1.19. The summed E-state index contributed by atoms with van der Waals surface area (Å²) in [7, 11) is 0. The summed E-state index contributed by atoms with van der Waals surface area (Å²) in [4.78, 5) is 22.8. The summed E-state index contributed by atoms with van der Waals surface area (Å²) in [5, 5.41) is 0.881. The quantitative estimate of drug-likeness (QED) is 0.595. The third-order valence-corrected chi connectivity index (χ3v) is 6.21. The second-order valence-electron chi connectivity index (χ2n) is 7.86. The number of aromatic nitrogens is 2. The van der Waals surface area contributed by atoms with Crippen molar-refractivity contribution in [3.05, 3.63) is 63.4 Å². The van der Waals surface area contributed by atoms with Crippen LogP contribution in [-0.2, 0) is 28.9 Å². The van der Waals surface area contributed by atoms with Gasteiger partial charge < -0.3 is 20.1 Å². The molecule has 1 amide bonds. The van der Waals surface area contributed by atoms with Gasteiger partial charge in [-0.05, 0) is 35.4 Å². The van der Waals surface area contributed by atoms with E-state index in [4.69, 9.17) is 26.8 Å². The van der Waals surface area contributed by atoms with Crippen LogP contribution in [0.25, 0.3) is 10.9 Å². The number of carbonyl (C=O) groups excluding carboxylic acids is 1. The summed E-state index contributed by atoms with van der Waals surface area (Å²) in [6, 6.07) is 4.90. The lowest BCUT2D eigenvalue weighted by atomic mass is 10.00. The molecular weight excluding hydrogens is 461 g/mol. The molecule has 2 aromatic heterocycles. The maximum atomic E-state index is 13.6. The summed E-state index contributed by atoms with van der Waals surface area (Å²) in [5.74, 6) is -0.0541. The van der Waals surface area contributed by atoms with E-state index in [2.05, 4.69) is 9.97 Å². The first-order valence-corrected chi connectivity index (χ1v) is 10.5. The molecule has 1 aromatic carbocycles. The Kier molecular flexibility index (Phi) is 5.38. The second kappa shape index (κ2) is 8.12. The number of alkyl halides is 3. The Hall–Kier alpha value is -2.95. The maximum absolute atomic E-state index is 13.6. The van der Waals surface area contributed by atoms with Crippen molar-refractivity contribution < 1.29 is 27.4 Å². The van der Waals surface area contributed by atoms with Crippen molar-refractivity contribution in [2.75, 3.05) is 25.5 Å². The first-order chi connectivity index (χ1) is 15.7. The first-order valence-electron chi connectivity index (χ1n) is 10.1. The second-order valence-corrected chi connectivity index (χ2v) is 8.26. The standard InChI is InChI=1S/C22H18ClF3N4O3/c23-16-7-17-12(14-8-33-9-15(14)20(27)29-17)6-13(16)21(31)30-3-4-32-10-18(30)11-1-2-28-19(5-11)22(24,25)26/h1-2,5-7,18H,3-4,8-10H2,(H2,27,29)/t18-/m0/s1. The monoisotopic (exact) mass is 478 g/mol. The highest BCUT2D eigenvalue weighted by atomic mass is 35.5. The molecule has 3 aromatic rings. The number of carbonyl (C=O) groups is 1. The predicted molar refractivity (Wildman–Crippen MR) is 113 cm³/mol. The average molecular weight is 479 g/mol. The largest absolute Gasteiger partial charge is 0.433 e. The molecule has 1 fully saturated rings. The van der Waals surface area contributed by atoms with Gasteiger partial charge in [0.15, 0.2) is 0 Å². The number of ether oxygens (including phenoxy) is 2. The molecule has 172 valence electrons. The van der Waals surface area contributed by atoms with E-state index in [0.29, 0.717) is 29.9 Å². The van der Waals surface area contributed by atoms with E-state index in [0.717, 1.165) is 23.4 Å². The summed E-state index contributed by atoms with van der Waals surface area (Å²) in [5.41, 5.74) is 7.68. The normalized spacial score (nSPS) is 18.5. The van der Waals surface area contributed by atoms with E-state index in [9.17, 15) is 18.0 Å². The number of nitrogens with two attached hydrogens (primary N) is 1. The zero-order valence-corrected chi connectivity index (χ0v) is 17.9. The van der Waals surface area contributed by atoms with Gasteiger partial charge in [0.05, 0.1) is 48.6 Å². The molecule has 7 nitrogen and oxygen atoms in total. The number of nitrogen functional groups attached to an aromatic ring is 1. The molecule has 1 atom stereocenters. The lowest BCUT2D eigenvalue weighted by Crippen LogP contribution is -2.43. The summed E-state index contributed by atoms with van der Waals surface area (Å²) < 4.78 is 50.5. The van der Waals surface area contributed by atoms with Crippen LogP contribution >= 0.6 is 11.6 Å². The molecule has 5 rings (SSSR count). The molecule has 0 aliphatic carbocycles. The number of rotatable bonds is 2. The summed E-state index contributed by atoms with van der Waals surface area (Å²) >= 11 is 6.45. The first kappa shape index (κ1) is 21.9. The lowest BCUT2D eigenvalue weighted by molar-refractivity contribution is -0.141.